The summed E-state index contributed by atoms with van der Waals surface area (Å²) in [4.78, 5) is 15.2. The molecule has 0 radical (unpaired) electrons. The third-order valence-electron chi connectivity index (χ3n) is 3.64. The number of hydrogen-bond acceptors (Lipinski definition) is 6. The number of ether oxygens (including phenoxy) is 1. The Morgan fingerprint density at radius 3 is 2.74 bits per heavy atom. The Morgan fingerprint density at radius 2 is 2.26 bits per heavy atom. The van der Waals surface area contributed by atoms with Gasteiger partial charge in [0, 0.05) is 6.20 Å². The molecule has 2 heterocycles. The van der Waals surface area contributed by atoms with Gasteiger partial charge in [-0.2, -0.15) is 4.98 Å². The molecule has 1 fully saturated rings. The van der Waals surface area contributed by atoms with Crippen LogP contribution in [0, 0.1) is 0 Å². The lowest BCUT2D eigenvalue weighted by atomic mass is 9.85. The summed E-state index contributed by atoms with van der Waals surface area (Å²) < 4.78 is 20.9. The Bertz CT molecular complexity index is 543. The van der Waals surface area contributed by atoms with Crippen molar-refractivity contribution in [1.29, 1.82) is 0 Å². The molecule has 4 N–H and O–H groups in total. The Morgan fingerprint density at radius 1 is 1.63 bits per heavy atom. The van der Waals surface area contributed by atoms with Gasteiger partial charge < -0.3 is 20.7 Å². The van der Waals surface area contributed by atoms with E-state index in [1.165, 1.54) is 19.2 Å². The number of aromatic nitrogens is 2. The SMILES string of the molecule is C[C@]1(F)[C@H](n2ccc(N)nc2=O)O[C@H](CO)[C@@]1(C)O. The van der Waals surface area contributed by atoms with E-state index in [-0.39, 0.29) is 5.82 Å². The minimum Gasteiger partial charge on any atom is -0.394 e. The molecule has 0 spiro atoms. The van der Waals surface area contributed by atoms with Crippen LogP contribution in [0.15, 0.2) is 17.1 Å². The molecule has 0 amide bonds. The molecule has 1 aromatic rings. The predicted molar refractivity (Wildman–Crippen MR) is 64.0 cm³/mol. The van der Waals surface area contributed by atoms with E-state index in [4.69, 9.17) is 15.6 Å². The van der Waals surface area contributed by atoms with E-state index in [2.05, 4.69) is 4.98 Å². The van der Waals surface area contributed by atoms with Gasteiger partial charge in [-0.3, -0.25) is 4.57 Å². The van der Waals surface area contributed by atoms with Gasteiger partial charge in [0.25, 0.3) is 0 Å². The summed E-state index contributed by atoms with van der Waals surface area (Å²) in [5.41, 5.74) is 0.350. The number of aliphatic hydroxyl groups is 2. The smallest absolute Gasteiger partial charge is 0.351 e. The monoisotopic (exact) mass is 273 g/mol. The first-order chi connectivity index (χ1) is 8.71. The van der Waals surface area contributed by atoms with Crippen molar-refractivity contribution in [3.63, 3.8) is 0 Å². The van der Waals surface area contributed by atoms with Gasteiger partial charge in [0.2, 0.25) is 0 Å². The fourth-order valence-corrected chi connectivity index (χ4v) is 2.13. The van der Waals surface area contributed by atoms with Crippen LogP contribution >= 0.6 is 0 Å². The first-order valence-electron chi connectivity index (χ1n) is 5.74. The Labute approximate surface area is 108 Å². The fourth-order valence-electron chi connectivity index (χ4n) is 2.13. The molecular formula is C11H16FN3O4. The molecule has 8 heteroatoms. The second-order valence-electron chi connectivity index (χ2n) is 4.93. The number of halogens is 1. The summed E-state index contributed by atoms with van der Waals surface area (Å²) in [6.45, 7) is 1.75. The Hall–Kier alpha value is -1.51. The Balaban J connectivity index is 2.49. The normalized spacial score (nSPS) is 38.6. The van der Waals surface area contributed by atoms with Crippen LogP contribution in [0.25, 0.3) is 0 Å². The van der Waals surface area contributed by atoms with E-state index in [0.717, 1.165) is 11.5 Å². The van der Waals surface area contributed by atoms with Crippen LogP contribution < -0.4 is 11.4 Å². The van der Waals surface area contributed by atoms with E-state index in [1.807, 2.05) is 0 Å². The van der Waals surface area contributed by atoms with Gasteiger partial charge in [0.1, 0.15) is 17.5 Å². The number of nitrogens with zero attached hydrogens (tertiary/aromatic N) is 2. The van der Waals surface area contributed by atoms with Crippen LogP contribution in [0.2, 0.25) is 0 Å². The topological polar surface area (TPSA) is 111 Å². The lowest BCUT2D eigenvalue weighted by Gasteiger charge is -2.32. The molecule has 7 nitrogen and oxygen atoms in total. The number of rotatable bonds is 2. The highest BCUT2D eigenvalue weighted by molar-refractivity contribution is 5.24. The number of anilines is 1. The van der Waals surface area contributed by atoms with Gasteiger partial charge in [-0.1, -0.05) is 0 Å². The number of hydrogen-bond donors (Lipinski definition) is 3. The first-order valence-corrected chi connectivity index (χ1v) is 5.74. The van der Waals surface area contributed by atoms with E-state index in [9.17, 15) is 14.3 Å². The van der Waals surface area contributed by atoms with Crippen LogP contribution in [0.3, 0.4) is 0 Å². The van der Waals surface area contributed by atoms with Gasteiger partial charge in [-0.15, -0.1) is 0 Å². The molecule has 4 atom stereocenters. The number of alkyl halides is 1. The number of nitrogen functional groups attached to an aromatic ring is 1. The van der Waals surface area contributed by atoms with Crippen LogP contribution in [0.1, 0.15) is 20.1 Å². The maximum Gasteiger partial charge on any atom is 0.351 e. The minimum absolute atomic E-state index is 0.00489. The minimum atomic E-state index is -2.28. The van der Waals surface area contributed by atoms with Gasteiger partial charge in [-0.25, -0.2) is 9.18 Å². The van der Waals surface area contributed by atoms with Crippen molar-refractivity contribution in [2.24, 2.45) is 0 Å². The van der Waals surface area contributed by atoms with Crippen molar-refractivity contribution in [2.45, 2.75) is 37.4 Å². The van der Waals surface area contributed by atoms with Crippen LogP contribution in [-0.4, -0.2) is 43.7 Å². The molecule has 2 rings (SSSR count). The molecule has 0 unspecified atom stereocenters. The molecule has 19 heavy (non-hydrogen) atoms. The largest absolute Gasteiger partial charge is 0.394 e. The van der Waals surface area contributed by atoms with E-state index in [0.29, 0.717) is 0 Å². The lowest BCUT2D eigenvalue weighted by Crippen LogP contribution is -2.52. The van der Waals surface area contributed by atoms with Crippen molar-refractivity contribution in [1.82, 2.24) is 9.55 Å². The first kappa shape index (κ1) is 13.9. The average Bonchev–Trinajstić information content (AvgIpc) is 2.47. The zero-order valence-electron chi connectivity index (χ0n) is 10.6. The molecule has 1 aliphatic rings. The molecule has 106 valence electrons. The van der Waals surface area contributed by atoms with Crippen molar-refractivity contribution < 1.29 is 19.3 Å². The number of aliphatic hydroxyl groups excluding tert-OH is 1. The molecule has 1 aromatic heterocycles. The van der Waals surface area contributed by atoms with E-state index < -0.39 is 35.9 Å². The fraction of sp³-hybridized carbons (Fsp3) is 0.636. The second kappa shape index (κ2) is 4.26. The standard InChI is InChI=1S/C11H16FN3O4/c1-10(12)8(19-6(5-16)11(10,2)18)15-4-3-7(13)14-9(15)17/h3-4,6,8,16,18H,5H2,1-2H3,(H2,13,14,17)/t6-,8-,10+,11-/m1/s1. The highest BCUT2D eigenvalue weighted by Gasteiger charge is 2.63. The van der Waals surface area contributed by atoms with E-state index >= 15 is 0 Å². The molecule has 0 saturated carbocycles. The quantitative estimate of drug-likeness (QED) is 0.650. The third-order valence-corrected chi connectivity index (χ3v) is 3.64. The summed E-state index contributed by atoms with van der Waals surface area (Å²) in [6, 6.07) is 1.32. The average molecular weight is 273 g/mol. The van der Waals surface area contributed by atoms with Gasteiger partial charge in [-0.05, 0) is 19.9 Å². The highest BCUT2D eigenvalue weighted by atomic mass is 19.1. The molecule has 1 aliphatic heterocycles. The zero-order chi connectivity index (χ0) is 14.4. The second-order valence-corrected chi connectivity index (χ2v) is 4.93. The highest BCUT2D eigenvalue weighted by Crippen LogP contribution is 2.47. The molecule has 0 aromatic carbocycles. The summed E-state index contributed by atoms with van der Waals surface area (Å²) in [5, 5.41) is 19.3. The summed E-state index contributed by atoms with van der Waals surface area (Å²) in [7, 11) is 0. The molecule has 0 aliphatic carbocycles. The molecular weight excluding hydrogens is 257 g/mol. The van der Waals surface area contributed by atoms with Crippen LogP contribution in [0.5, 0.6) is 0 Å². The molecule has 0 bridgehead atoms. The third kappa shape index (κ3) is 1.92. The van der Waals surface area contributed by atoms with Gasteiger partial charge >= 0.3 is 5.69 Å². The number of nitrogens with two attached hydrogens (primary N) is 1. The summed E-state index contributed by atoms with van der Waals surface area (Å²) in [5.74, 6) is 0.00489. The Kier molecular flexibility index (Phi) is 3.12. The maximum atomic E-state index is 14.8. The summed E-state index contributed by atoms with van der Waals surface area (Å²) >= 11 is 0. The zero-order valence-corrected chi connectivity index (χ0v) is 10.6. The van der Waals surface area contributed by atoms with Gasteiger partial charge in [0.15, 0.2) is 11.9 Å². The molecule has 1 saturated heterocycles. The maximum absolute atomic E-state index is 14.8. The summed E-state index contributed by atoms with van der Waals surface area (Å²) in [6.07, 6.45) is -1.29. The van der Waals surface area contributed by atoms with E-state index in [1.54, 1.807) is 0 Å². The van der Waals surface area contributed by atoms with Crippen LogP contribution in [0.4, 0.5) is 10.2 Å². The van der Waals surface area contributed by atoms with Crippen LogP contribution in [-0.2, 0) is 4.74 Å². The predicted octanol–water partition coefficient (Wildman–Crippen LogP) is -0.806. The van der Waals surface area contributed by atoms with Crippen molar-refractivity contribution in [2.75, 3.05) is 12.3 Å². The van der Waals surface area contributed by atoms with Crippen molar-refractivity contribution in [3.05, 3.63) is 22.7 Å². The van der Waals surface area contributed by atoms with Crippen molar-refractivity contribution in [3.8, 4) is 0 Å². The van der Waals surface area contributed by atoms with Crippen molar-refractivity contribution >= 4 is 5.82 Å². The lowest BCUT2D eigenvalue weighted by molar-refractivity contribution is -0.0892. The van der Waals surface area contributed by atoms with Gasteiger partial charge in [0.05, 0.1) is 6.61 Å².